The topological polar surface area (TPSA) is 71.5 Å². The van der Waals surface area contributed by atoms with E-state index in [2.05, 4.69) is 9.69 Å². The SMILES string of the molecule is CCOc1ccc(C(C(=O)NC2CCCC2)N(C(=O)c2nsc(Cl)c2Cl)c2cccc(C)c2C)cc1. The van der Waals surface area contributed by atoms with Gasteiger partial charge >= 0.3 is 0 Å². The fourth-order valence-electron chi connectivity index (χ4n) is 4.55. The lowest BCUT2D eigenvalue weighted by Gasteiger charge is -2.33. The molecule has 3 aromatic rings. The number of carbonyl (C=O) groups excluding carboxylic acids is 2. The van der Waals surface area contributed by atoms with Gasteiger partial charge in [-0.05, 0) is 80.0 Å². The molecule has 1 atom stereocenters. The summed E-state index contributed by atoms with van der Waals surface area (Å²) < 4.78 is 10.1. The van der Waals surface area contributed by atoms with Gasteiger partial charge in [-0.15, -0.1) is 0 Å². The monoisotopic (exact) mass is 545 g/mol. The van der Waals surface area contributed by atoms with E-state index in [4.69, 9.17) is 27.9 Å². The fraction of sp³-hybridized carbons (Fsp3) is 0.370. The number of anilines is 1. The molecule has 2 amide bonds. The van der Waals surface area contributed by atoms with Gasteiger partial charge in [0, 0.05) is 11.7 Å². The molecular weight excluding hydrogens is 517 g/mol. The number of benzene rings is 2. The van der Waals surface area contributed by atoms with E-state index in [0.717, 1.165) is 48.3 Å². The van der Waals surface area contributed by atoms with Gasteiger partial charge in [0.25, 0.3) is 5.91 Å². The van der Waals surface area contributed by atoms with E-state index in [1.54, 1.807) is 0 Å². The molecule has 4 rings (SSSR count). The molecule has 36 heavy (non-hydrogen) atoms. The molecule has 1 unspecified atom stereocenters. The number of nitrogens with one attached hydrogen (secondary N) is 1. The highest BCUT2D eigenvalue weighted by Gasteiger charge is 2.37. The van der Waals surface area contributed by atoms with Crippen molar-refractivity contribution in [2.24, 2.45) is 0 Å². The zero-order chi connectivity index (χ0) is 25.8. The average Bonchev–Trinajstić information content (AvgIpc) is 3.49. The van der Waals surface area contributed by atoms with Crippen LogP contribution in [0.4, 0.5) is 5.69 Å². The minimum atomic E-state index is -0.953. The third kappa shape index (κ3) is 5.53. The summed E-state index contributed by atoms with van der Waals surface area (Å²) in [6.45, 7) is 6.35. The van der Waals surface area contributed by atoms with Crippen molar-refractivity contribution in [3.8, 4) is 5.75 Å². The van der Waals surface area contributed by atoms with Crippen molar-refractivity contribution in [2.75, 3.05) is 11.5 Å². The van der Waals surface area contributed by atoms with Crippen molar-refractivity contribution in [1.29, 1.82) is 0 Å². The van der Waals surface area contributed by atoms with Gasteiger partial charge in [-0.1, -0.05) is 60.3 Å². The molecule has 0 spiro atoms. The van der Waals surface area contributed by atoms with Gasteiger partial charge in [0.15, 0.2) is 5.69 Å². The third-order valence-electron chi connectivity index (χ3n) is 6.57. The van der Waals surface area contributed by atoms with E-state index in [-0.39, 0.29) is 27.0 Å². The summed E-state index contributed by atoms with van der Waals surface area (Å²) >= 11 is 13.5. The maximum absolute atomic E-state index is 14.1. The number of hydrogen-bond donors (Lipinski definition) is 1. The van der Waals surface area contributed by atoms with Gasteiger partial charge in [-0.3, -0.25) is 14.5 Å². The lowest BCUT2D eigenvalue weighted by Crippen LogP contribution is -2.46. The first-order chi connectivity index (χ1) is 17.3. The van der Waals surface area contributed by atoms with E-state index < -0.39 is 11.9 Å². The number of rotatable bonds is 8. The molecule has 1 fully saturated rings. The summed E-state index contributed by atoms with van der Waals surface area (Å²) in [6, 6.07) is 12.1. The van der Waals surface area contributed by atoms with Gasteiger partial charge in [0.1, 0.15) is 21.2 Å². The van der Waals surface area contributed by atoms with E-state index in [1.807, 2.05) is 63.2 Å². The predicted molar refractivity (Wildman–Crippen MR) is 146 cm³/mol. The second-order valence-electron chi connectivity index (χ2n) is 8.91. The largest absolute Gasteiger partial charge is 0.494 e. The number of nitrogens with zero attached hydrogens (tertiary/aromatic N) is 2. The molecule has 1 saturated carbocycles. The smallest absolute Gasteiger partial charge is 0.280 e. The highest BCUT2D eigenvalue weighted by atomic mass is 35.5. The number of amides is 2. The molecular formula is C27H29Cl2N3O3S. The van der Waals surface area contributed by atoms with Gasteiger partial charge in [0.2, 0.25) is 5.91 Å². The zero-order valence-electron chi connectivity index (χ0n) is 20.5. The van der Waals surface area contributed by atoms with Crippen LogP contribution in [-0.2, 0) is 4.79 Å². The number of aromatic nitrogens is 1. The normalized spacial score (nSPS) is 14.5. The zero-order valence-corrected chi connectivity index (χ0v) is 22.8. The molecule has 0 aliphatic heterocycles. The second-order valence-corrected chi connectivity index (χ2v) is 10.7. The molecule has 1 aliphatic rings. The van der Waals surface area contributed by atoms with Gasteiger partial charge in [-0.25, -0.2) is 0 Å². The van der Waals surface area contributed by atoms with Crippen LogP contribution in [0.3, 0.4) is 0 Å². The van der Waals surface area contributed by atoms with Crippen LogP contribution in [0.2, 0.25) is 9.36 Å². The molecule has 1 aromatic heterocycles. The highest BCUT2D eigenvalue weighted by molar-refractivity contribution is 7.11. The number of carbonyl (C=O) groups is 2. The molecule has 2 aromatic carbocycles. The van der Waals surface area contributed by atoms with Crippen LogP contribution in [0.25, 0.3) is 0 Å². The van der Waals surface area contributed by atoms with E-state index >= 15 is 0 Å². The van der Waals surface area contributed by atoms with Gasteiger partial charge in [-0.2, -0.15) is 4.37 Å². The van der Waals surface area contributed by atoms with Crippen LogP contribution >= 0.6 is 34.7 Å². The van der Waals surface area contributed by atoms with Crippen LogP contribution < -0.4 is 15.0 Å². The quantitative estimate of drug-likeness (QED) is 0.333. The van der Waals surface area contributed by atoms with Crippen molar-refractivity contribution < 1.29 is 14.3 Å². The Kier molecular flexibility index (Phi) is 8.54. The van der Waals surface area contributed by atoms with Crippen LogP contribution in [0.15, 0.2) is 42.5 Å². The summed E-state index contributed by atoms with van der Waals surface area (Å²) in [5.41, 5.74) is 3.17. The Hall–Kier alpha value is -2.61. The number of ether oxygens (including phenoxy) is 1. The lowest BCUT2D eigenvalue weighted by atomic mass is 9.99. The fourth-order valence-corrected chi connectivity index (χ4v) is 5.54. The Morgan fingerprint density at radius 3 is 2.44 bits per heavy atom. The molecule has 1 heterocycles. The Labute approximate surface area is 225 Å². The van der Waals surface area contributed by atoms with Crippen LogP contribution in [-0.4, -0.2) is 28.8 Å². The maximum atomic E-state index is 14.1. The summed E-state index contributed by atoms with van der Waals surface area (Å²) in [4.78, 5) is 29.5. The summed E-state index contributed by atoms with van der Waals surface area (Å²) in [7, 11) is 0. The summed E-state index contributed by atoms with van der Waals surface area (Å²) in [5.74, 6) is -0.0507. The average molecular weight is 547 g/mol. The van der Waals surface area contributed by atoms with Crippen LogP contribution in [0, 0.1) is 13.8 Å². The van der Waals surface area contributed by atoms with E-state index in [9.17, 15) is 9.59 Å². The Morgan fingerprint density at radius 2 is 1.83 bits per heavy atom. The van der Waals surface area contributed by atoms with E-state index in [1.165, 1.54) is 4.90 Å². The van der Waals surface area contributed by atoms with Crippen LogP contribution in [0.5, 0.6) is 5.75 Å². The molecule has 6 nitrogen and oxygen atoms in total. The number of aryl methyl sites for hydroxylation is 1. The molecule has 0 saturated heterocycles. The van der Waals surface area contributed by atoms with Crippen molar-refractivity contribution in [3.63, 3.8) is 0 Å². The van der Waals surface area contributed by atoms with Crippen molar-refractivity contribution >= 4 is 52.2 Å². The standard InChI is InChI=1S/C27H29Cl2N3O3S/c1-4-35-20-14-12-18(13-15-20)24(26(33)30-19-9-5-6-10-19)32(21-11-7-8-16(2)17(21)3)27(34)23-22(28)25(29)36-31-23/h7-8,11-15,19,24H,4-6,9-10H2,1-3H3,(H,30,33). The first-order valence-corrected chi connectivity index (χ1v) is 13.6. The molecule has 9 heteroatoms. The summed E-state index contributed by atoms with van der Waals surface area (Å²) in [6.07, 6.45) is 4.00. The minimum absolute atomic E-state index is 0.0252. The second kappa shape index (κ2) is 11.6. The van der Waals surface area contributed by atoms with Gasteiger partial charge < -0.3 is 10.1 Å². The van der Waals surface area contributed by atoms with Gasteiger partial charge in [0.05, 0.1) is 6.61 Å². The first-order valence-electron chi connectivity index (χ1n) is 12.0. The highest BCUT2D eigenvalue weighted by Crippen LogP contribution is 2.37. The lowest BCUT2D eigenvalue weighted by molar-refractivity contribution is -0.123. The molecule has 1 N–H and O–H groups in total. The number of hydrogen-bond acceptors (Lipinski definition) is 5. The van der Waals surface area contributed by atoms with Crippen molar-refractivity contribution in [1.82, 2.24) is 9.69 Å². The van der Waals surface area contributed by atoms with E-state index in [0.29, 0.717) is 23.6 Å². The third-order valence-corrected chi connectivity index (χ3v) is 8.18. The molecule has 1 aliphatic carbocycles. The van der Waals surface area contributed by atoms with Crippen LogP contribution in [0.1, 0.15) is 65.8 Å². The Bertz CT molecular complexity index is 1240. The molecule has 0 bridgehead atoms. The minimum Gasteiger partial charge on any atom is -0.494 e. The van der Waals surface area contributed by atoms with Crippen molar-refractivity contribution in [2.45, 2.75) is 58.5 Å². The maximum Gasteiger partial charge on any atom is 0.280 e. The predicted octanol–water partition coefficient (Wildman–Crippen LogP) is 6.91. The Morgan fingerprint density at radius 1 is 1.14 bits per heavy atom. The van der Waals surface area contributed by atoms with Crippen molar-refractivity contribution in [3.05, 3.63) is 74.2 Å². The summed E-state index contributed by atoms with van der Waals surface area (Å²) in [5, 5.41) is 3.27. The Balaban J connectivity index is 1.86. The number of halogens is 2. The molecule has 0 radical (unpaired) electrons. The molecule has 190 valence electrons. The first kappa shape index (κ1) is 26.5.